The van der Waals surface area contributed by atoms with Gasteiger partial charge in [-0.15, -0.1) is 0 Å². The van der Waals surface area contributed by atoms with Crippen LogP contribution in [0.15, 0.2) is 22.2 Å². The number of halogens is 1. The normalized spacial score (nSPS) is 23.6. The van der Waals surface area contributed by atoms with Crippen LogP contribution in [0.4, 0.5) is 4.79 Å². The first-order valence-electron chi connectivity index (χ1n) is 9.19. The lowest BCUT2D eigenvalue weighted by atomic mass is 9.91. The Morgan fingerprint density at radius 1 is 1.33 bits per heavy atom. The molecule has 1 unspecified atom stereocenters. The average Bonchev–Trinajstić information content (AvgIpc) is 2.97. The highest BCUT2D eigenvalue weighted by molar-refractivity contribution is 6.30. The number of aromatic nitrogens is 1. The van der Waals surface area contributed by atoms with Crippen molar-refractivity contribution < 1.29 is 14.6 Å². The highest BCUT2D eigenvalue weighted by Crippen LogP contribution is 2.29. The number of hydrogen-bond donors (Lipinski definition) is 1. The summed E-state index contributed by atoms with van der Waals surface area (Å²) >= 11 is 5.99. The van der Waals surface area contributed by atoms with Gasteiger partial charge in [0.05, 0.1) is 12.1 Å². The molecule has 2 atom stereocenters. The summed E-state index contributed by atoms with van der Waals surface area (Å²) < 4.78 is 4.78. The van der Waals surface area contributed by atoms with Crippen LogP contribution in [-0.4, -0.2) is 71.7 Å². The maximum atomic E-state index is 11.7. The summed E-state index contributed by atoms with van der Waals surface area (Å²) in [5.74, 6) is -1.35. The van der Waals surface area contributed by atoms with Crippen molar-refractivity contribution >= 4 is 17.7 Å². The molecule has 148 valence electrons. The SMILES string of the molecule is COC(=O)N1CCN(C[C@@H](CC(C)C)C2(O)N=c3cc(Cl)cnc3=N2)CC1. The monoisotopic (exact) mass is 395 g/mol. The van der Waals surface area contributed by atoms with Gasteiger partial charge in [-0.1, -0.05) is 25.4 Å². The van der Waals surface area contributed by atoms with Gasteiger partial charge in [-0.05, 0) is 18.4 Å². The predicted molar refractivity (Wildman–Crippen MR) is 99.9 cm³/mol. The first-order chi connectivity index (χ1) is 12.8. The highest BCUT2D eigenvalue weighted by Gasteiger charge is 2.40. The minimum Gasteiger partial charge on any atom is -0.453 e. The number of hydrogen-bond acceptors (Lipinski definition) is 7. The second kappa shape index (κ2) is 8.08. The minimum absolute atomic E-state index is 0.185. The molecular formula is C18H26ClN5O3. The Kier molecular flexibility index (Phi) is 5.98. The number of fused-ring (bicyclic) bond motifs is 1. The van der Waals surface area contributed by atoms with E-state index in [4.69, 9.17) is 16.3 Å². The van der Waals surface area contributed by atoms with Crippen LogP contribution < -0.4 is 10.8 Å². The van der Waals surface area contributed by atoms with Crippen LogP contribution in [0.1, 0.15) is 20.3 Å². The molecule has 0 spiro atoms. The molecule has 0 radical (unpaired) electrons. The summed E-state index contributed by atoms with van der Waals surface area (Å²) in [6.07, 6.45) is 1.98. The van der Waals surface area contributed by atoms with Crippen LogP contribution >= 0.6 is 11.6 Å². The number of amides is 1. The van der Waals surface area contributed by atoms with Crippen molar-refractivity contribution in [1.29, 1.82) is 0 Å². The zero-order valence-corrected chi connectivity index (χ0v) is 16.7. The lowest BCUT2D eigenvalue weighted by molar-refractivity contribution is -0.0314. The fourth-order valence-corrected chi connectivity index (χ4v) is 3.76. The van der Waals surface area contributed by atoms with Crippen LogP contribution in [0.5, 0.6) is 0 Å². The van der Waals surface area contributed by atoms with Crippen LogP contribution in [-0.2, 0) is 4.74 Å². The Hall–Kier alpha value is -1.77. The molecule has 2 aliphatic rings. The third kappa shape index (κ3) is 4.56. The van der Waals surface area contributed by atoms with E-state index in [2.05, 4.69) is 33.7 Å². The van der Waals surface area contributed by atoms with E-state index in [-0.39, 0.29) is 12.0 Å². The Bertz CT molecular complexity index is 810. The van der Waals surface area contributed by atoms with E-state index < -0.39 is 5.85 Å². The van der Waals surface area contributed by atoms with Crippen molar-refractivity contribution in [3.63, 3.8) is 0 Å². The Morgan fingerprint density at radius 2 is 2.04 bits per heavy atom. The molecule has 3 rings (SSSR count). The average molecular weight is 396 g/mol. The predicted octanol–water partition coefficient (Wildman–Crippen LogP) is 0.680. The molecule has 8 nitrogen and oxygen atoms in total. The molecule has 1 fully saturated rings. The van der Waals surface area contributed by atoms with Crippen molar-refractivity contribution in [2.45, 2.75) is 26.1 Å². The Labute approximate surface area is 163 Å². The van der Waals surface area contributed by atoms with E-state index in [9.17, 15) is 9.90 Å². The van der Waals surface area contributed by atoms with Gasteiger partial charge in [-0.25, -0.2) is 19.8 Å². The fourth-order valence-electron chi connectivity index (χ4n) is 3.61. The quantitative estimate of drug-likeness (QED) is 0.791. The summed E-state index contributed by atoms with van der Waals surface area (Å²) in [5.41, 5.74) is 0.422. The molecule has 0 bridgehead atoms. The minimum atomic E-state index is -1.54. The van der Waals surface area contributed by atoms with Gasteiger partial charge in [0.1, 0.15) is 5.36 Å². The number of rotatable bonds is 5. The zero-order valence-electron chi connectivity index (χ0n) is 15.9. The third-order valence-electron chi connectivity index (χ3n) is 4.96. The van der Waals surface area contributed by atoms with Gasteiger partial charge >= 0.3 is 6.09 Å². The molecule has 1 saturated heterocycles. The number of aliphatic hydroxyl groups is 1. The van der Waals surface area contributed by atoms with E-state index in [0.717, 1.165) is 19.5 Å². The molecule has 1 aromatic rings. The number of pyridine rings is 1. The van der Waals surface area contributed by atoms with E-state index >= 15 is 0 Å². The van der Waals surface area contributed by atoms with Gasteiger partial charge in [-0.3, -0.25) is 4.90 Å². The maximum absolute atomic E-state index is 11.7. The van der Waals surface area contributed by atoms with Crippen molar-refractivity contribution in [3.05, 3.63) is 28.1 Å². The van der Waals surface area contributed by atoms with Crippen LogP contribution in [0, 0.1) is 11.8 Å². The molecule has 1 amide bonds. The maximum Gasteiger partial charge on any atom is 0.409 e. The van der Waals surface area contributed by atoms with E-state index in [1.54, 1.807) is 11.0 Å². The standard InChI is InChI=1S/C18H26ClN5O3/c1-12(2)8-13(11-23-4-6-24(7-5-23)17(25)27-3)18(26)21-15-9-14(19)10-20-16(15)22-18/h9-10,12-13,26H,4-8,11H2,1-3H3/t13-,18?/m1/s1. The summed E-state index contributed by atoms with van der Waals surface area (Å²) in [4.78, 5) is 28.6. The Morgan fingerprint density at radius 3 is 2.67 bits per heavy atom. The fraction of sp³-hybridized carbons (Fsp3) is 0.667. The van der Waals surface area contributed by atoms with Gasteiger partial charge in [0.2, 0.25) is 0 Å². The van der Waals surface area contributed by atoms with Gasteiger partial charge in [0.15, 0.2) is 5.49 Å². The van der Waals surface area contributed by atoms with Crippen molar-refractivity contribution in [2.24, 2.45) is 21.8 Å². The zero-order chi connectivity index (χ0) is 19.6. The molecule has 0 aromatic carbocycles. The van der Waals surface area contributed by atoms with Crippen molar-refractivity contribution in [3.8, 4) is 0 Å². The smallest absolute Gasteiger partial charge is 0.409 e. The number of piperazine rings is 1. The van der Waals surface area contributed by atoms with Gasteiger partial charge in [-0.2, -0.15) is 0 Å². The molecule has 0 saturated carbocycles. The number of nitrogens with zero attached hydrogens (tertiary/aromatic N) is 5. The van der Waals surface area contributed by atoms with Crippen molar-refractivity contribution in [2.75, 3.05) is 39.8 Å². The summed E-state index contributed by atoms with van der Waals surface area (Å²) in [6, 6.07) is 1.67. The number of carbonyl (C=O) groups is 1. The molecule has 27 heavy (non-hydrogen) atoms. The van der Waals surface area contributed by atoms with E-state index in [1.165, 1.54) is 13.3 Å². The van der Waals surface area contributed by atoms with Gasteiger partial charge in [0.25, 0.3) is 5.85 Å². The van der Waals surface area contributed by atoms with E-state index in [0.29, 0.717) is 41.4 Å². The lowest BCUT2D eigenvalue weighted by Crippen LogP contribution is -2.52. The summed E-state index contributed by atoms with van der Waals surface area (Å²) in [6.45, 7) is 7.51. The third-order valence-corrected chi connectivity index (χ3v) is 5.16. The molecule has 3 heterocycles. The second-order valence-electron chi connectivity index (χ2n) is 7.49. The number of methoxy groups -OCH3 is 1. The molecule has 1 N–H and O–H groups in total. The molecular weight excluding hydrogens is 370 g/mol. The Balaban J connectivity index is 1.75. The van der Waals surface area contributed by atoms with Gasteiger partial charge in [0, 0.05) is 44.8 Å². The summed E-state index contributed by atoms with van der Waals surface area (Å²) in [7, 11) is 1.39. The number of carbonyl (C=O) groups excluding carboxylic acids is 1. The lowest BCUT2D eigenvalue weighted by Gasteiger charge is -2.38. The molecule has 0 aliphatic carbocycles. The molecule has 1 aromatic heterocycles. The molecule has 9 heteroatoms. The van der Waals surface area contributed by atoms with Crippen LogP contribution in [0.2, 0.25) is 5.02 Å². The van der Waals surface area contributed by atoms with Crippen LogP contribution in [0.3, 0.4) is 0 Å². The van der Waals surface area contributed by atoms with Crippen LogP contribution in [0.25, 0.3) is 0 Å². The first kappa shape index (κ1) is 20.0. The first-order valence-corrected chi connectivity index (χ1v) is 9.57. The van der Waals surface area contributed by atoms with Gasteiger partial charge < -0.3 is 14.7 Å². The summed E-state index contributed by atoms with van der Waals surface area (Å²) in [5, 5.41) is 12.2. The van der Waals surface area contributed by atoms with Crippen molar-refractivity contribution in [1.82, 2.24) is 14.8 Å². The topological polar surface area (TPSA) is 90.6 Å². The largest absolute Gasteiger partial charge is 0.453 e. The second-order valence-corrected chi connectivity index (χ2v) is 7.93. The number of ether oxygens (including phenoxy) is 1. The molecule has 2 aliphatic heterocycles. The van der Waals surface area contributed by atoms with E-state index in [1.807, 2.05) is 0 Å². The highest BCUT2D eigenvalue weighted by atomic mass is 35.5.